The van der Waals surface area contributed by atoms with E-state index in [2.05, 4.69) is 146 Å². The Bertz CT molecular complexity index is 3220. The van der Waals surface area contributed by atoms with Crippen LogP contribution in [0.5, 0.6) is 0 Å². The molecule has 256 valence electrons. The largest absolute Gasteiger partial charge is 0.456 e. The molecule has 0 saturated carbocycles. The molecular formula is C51H31N3O. The molecule has 55 heavy (non-hydrogen) atoms. The van der Waals surface area contributed by atoms with Crippen molar-refractivity contribution in [2.45, 2.75) is 0 Å². The van der Waals surface area contributed by atoms with Crippen LogP contribution in [0.15, 0.2) is 192 Å². The van der Waals surface area contributed by atoms with Crippen molar-refractivity contribution in [3.63, 3.8) is 0 Å². The van der Waals surface area contributed by atoms with Crippen LogP contribution in [-0.4, -0.2) is 15.0 Å². The smallest absolute Gasteiger partial charge is 0.164 e. The summed E-state index contributed by atoms with van der Waals surface area (Å²) in [5, 5.41) is 9.71. The maximum atomic E-state index is 6.63. The lowest BCUT2D eigenvalue weighted by atomic mass is 9.92. The number of nitrogens with zero attached hydrogens (tertiary/aromatic N) is 3. The summed E-state index contributed by atoms with van der Waals surface area (Å²) in [5.74, 6) is 1.83. The van der Waals surface area contributed by atoms with E-state index in [1.165, 1.54) is 32.3 Å². The Morgan fingerprint density at radius 3 is 1.31 bits per heavy atom. The maximum absolute atomic E-state index is 6.63. The number of hydrogen-bond donors (Lipinski definition) is 0. The first-order valence-corrected chi connectivity index (χ1v) is 18.5. The first-order chi connectivity index (χ1) is 27.2. The molecule has 0 saturated heterocycles. The molecule has 9 aromatic carbocycles. The Labute approximate surface area is 317 Å². The Balaban J connectivity index is 1.03. The average Bonchev–Trinajstić information content (AvgIpc) is 3.64. The topological polar surface area (TPSA) is 51.8 Å². The summed E-state index contributed by atoms with van der Waals surface area (Å²) >= 11 is 0. The fourth-order valence-corrected chi connectivity index (χ4v) is 8.07. The first-order valence-electron chi connectivity index (χ1n) is 18.5. The van der Waals surface area contributed by atoms with Gasteiger partial charge in [0.25, 0.3) is 0 Å². The first kappa shape index (κ1) is 31.1. The minimum absolute atomic E-state index is 0.589. The highest BCUT2D eigenvalue weighted by atomic mass is 16.3. The van der Waals surface area contributed by atoms with E-state index in [-0.39, 0.29) is 0 Å². The molecule has 4 heteroatoms. The second kappa shape index (κ2) is 12.6. The molecule has 4 nitrogen and oxygen atoms in total. The number of furan rings is 1. The summed E-state index contributed by atoms with van der Waals surface area (Å²) in [5.41, 5.74) is 8.79. The van der Waals surface area contributed by atoms with Gasteiger partial charge in [-0.1, -0.05) is 158 Å². The summed E-state index contributed by atoms with van der Waals surface area (Å²) in [6, 6.07) is 65.7. The van der Waals surface area contributed by atoms with Crippen molar-refractivity contribution in [2.75, 3.05) is 0 Å². The van der Waals surface area contributed by atoms with E-state index in [0.717, 1.165) is 60.9 Å². The molecule has 2 aromatic heterocycles. The van der Waals surface area contributed by atoms with E-state index in [9.17, 15) is 0 Å². The van der Waals surface area contributed by atoms with Gasteiger partial charge in [0.15, 0.2) is 17.5 Å². The monoisotopic (exact) mass is 701 g/mol. The second-order valence-corrected chi connectivity index (χ2v) is 14.0. The summed E-state index contributed by atoms with van der Waals surface area (Å²) in [6.45, 7) is 0. The number of benzene rings is 9. The van der Waals surface area contributed by atoms with Crippen molar-refractivity contribution in [2.24, 2.45) is 0 Å². The van der Waals surface area contributed by atoms with Crippen LogP contribution >= 0.6 is 0 Å². The van der Waals surface area contributed by atoms with Crippen molar-refractivity contribution >= 4 is 54.3 Å². The van der Waals surface area contributed by atoms with E-state index in [1.807, 2.05) is 42.5 Å². The van der Waals surface area contributed by atoms with Crippen LogP contribution in [0.3, 0.4) is 0 Å². The van der Waals surface area contributed by atoms with Crippen LogP contribution in [0.4, 0.5) is 0 Å². The average molecular weight is 702 g/mol. The minimum atomic E-state index is 0.589. The zero-order valence-electron chi connectivity index (χ0n) is 29.6. The molecule has 0 N–H and O–H groups in total. The van der Waals surface area contributed by atoms with Gasteiger partial charge in [-0.3, -0.25) is 0 Å². The summed E-state index contributed by atoms with van der Waals surface area (Å²) in [6.07, 6.45) is 0. The molecule has 0 radical (unpaired) electrons. The van der Waals surface area contributed by atoms with E-state index >= 15 is 0 Å². The lowest BCUT2D eigenvalue weighted by Crippen LogP contribution is -2.01. The van der Waals surface area contributed by atoms with Gasteiger partial charge in [0.05, 0.1) is 0 Å². The predicted octanol–water partition coefficient (Wildman–Crippen LogP) is 13.6. The van der Waals surface area contributed by atoms with E-state index in [0.29, 0.717) is 17.5 Å². The third-order valence-electron chi connectivity index (χ3n) is 10.7. The number of rotatable bonds is 5. The molecule has 0 aliphatic carbocycles. The van der Waals surface area contributed by atoms with Crippen LogP contribution in [0.25, 0.3) is 111 Å². The zero-order chi connectivity index (χ0) is 36.3. The van der Waals surface area contributed by atoms with Crippen molar-refractivity contribution in [3.05, 3.63) is 188 Å². The summed E-state index contributed by atoms with van der Waals surface area (Å²) < 4.78 is 6.63. The Morgan fingerprint density at radius 1 is 0.255 bits per heavy atom. The van der Waals surface area contributed by atoms with Gasteiger partial charge in [0, 0.05) is 27.5 Å². The highest BCUT2D eigenvalue weighted by Crippen LogP contribution is 2.39. The van der Waals surface area contributed by atoms with Gasteiger partial charge in [-0.15, -0.1) is 0 Å². The van der Waals surface area contributed by atoms with Gasteiger partial charge in [0.1, 0.15) is 11.2 Å². The van der Waals surface area contributed by atoms with Gasteiger partial charge >= 0.3 is 0 Å². The number of hydrogen-bond acceptors (Lipinski definition) is 4. The van der Waals surface area contributed by atoms with Crippen LogP contribution in [0.2, 0.25) is 0 Å². The van der Waals surface area contributed by atoms with Crippen molar-refractivity contribution < 1.29 is 4.42 Å². The molecule has 0 aliphatic heterocycles. The third kappa shape index (κ3) is 5.26. The fourth-order valence-electron chi connectivity index (χ4n) is 8.07. The Kier molecular flexibility index (Phi) is 7.14. The molecule has 0 aliphatic rings. The minimum Gasteiger partial charge on any atom is -0.456 e. The van der Waals surface area contributed by atoms with Crippen molar-refractivity contribution in [3.8, 4) is 56.4 Å². The Morgan fingerprint density at radius 2 is 0.673 bits per heavy atom. The van der Waals surface area contributed by atoms with Crippen molar-refractivity contribution in [1.29, 1.82) is 0 Å². The van der Waals surface area contributed by atoms with Crippen LogP contribution in [0, 0.1) is 0 Å². The molecule has 0 spiro atoms. The molecule has 11 rings (SSSR count). The quantitative estimate of drug-likeness (QED) is 0.168. The van der Waals surface area contributed by atoms with Gasteiger partial charge in [0.2, 0.25) is 0 Å². The molecule has 0 fully saturated rings. The standard InChI is InChI=1S/C51H31N3O/c1-3-13-32(14-4-1)37-17-7-12-22-45(37)51-53-49(33-15-5-2-6-16-33)52-50(54-51)36-25-28-44-43-27-24-35(30-47(43)55-48(44)31-36)34-23-26-42-40-20-9-8-18-38(40)39-19-10-11-21-41(39)46(42)29-34/h1-31H. The third-order valence-corrected chi connectivity index (χ3v) is 10.7. The van der Waals surface area contributed by atoms with Crippen molar-refractivity contribution in [1.82, 2.24) is 15.0 Å². The maximum Gasteiger partial charge on any atom is 0.164 e. The number of aromatic nitrogens is 3. The van der Waals surface area contributed by atoms with Gasteiger partial charge in [-0.05, 0) is 84.9 Å². The highest BCUT2D eigenvalue weighted by Gasteiger charge is 2.18. The lowest BCUT2D eigenvalue weighted by molar-refractivity contribution is 0.669. The second-order valence-electron chi connectivity index (χ2n) is 14.0. The fraction of sp³-hybridized carbons (Fsp3) is 0. The van der Waals surface area contributed by atoms with Gasteiger partial charge in [-0.2, -0.15) is 0 Å². The van der Waals surface area contributed by atoms with E-state index in [4.69, 9.17) is 19.4 Å². The molecule has 0 atom stereocenters. The lowest BCUT2D eigenvalue weighted by Gasteiger charge is -2.12. The Hall–Kier alpha value is -7.43. The highest BCUT2D eigenvalue weighted by molar-refractivity contribution is 6.25. The molecule has 2 heterocycles. The molecular weight excluding hydrogens is 671 g/mol. The van der Waals surface area contributed by atoms with Crippen LogP contribution in [0.1, 0.15) is 0 Å². The normalized spacial score (nSPS) is 11.6. The van der Waals surface area contributed by atoms with E-state index < -0.39 is 0 Å². The molecule has 0 amide bonds. The predicted molar refractivity (Wildman–Crippen MR) is 227 cm³/mol. The molecule has 0 unspecified atom stereocenters. The summed E-state index contributed by atoms with van der Waals surface area (Å²) in [7, 11) is 0. The van der Waals surface area contributed by atoms with Crippen LogP contribution in [-0.2, 0) is 0 Å². The molecule has 0 bridgehead atoms. The van der Waals surface area contributed by atoms with Crippen LogP contribution < -0.4 is 0 Å². The number of fused-ring (bicyclic) bond motifs is 9. The molecule has 11 aromatic rings. The summed E-state index contributed by atoms with van der Waals surface area (Å²) in [4.78, 5) is 15.1. The zero-order valence-corrected chi connectivity index (χ0v) is 29.6. The van der Waals surface area contributed by atoms with E-state index in [1.54, 1.807) is 0 Å². The van der Waals surface area contributed by atoms with Gasteiger partial charge in [-0.25, -0.2) is 15.0 Å². The SMILES string of the molecule is c1ccc(-c2nc(-c3ccc4c(c3)oc3cc(-c5ccc6c7ccccc7c7ccccc7c6c5)ccc34)nc(-c3ccccc3-c3ccccc3)n2)cc1. The van der Waals surface area contributed by atoms with Gasteiger partial charge < -0.3 is 4.42 Å².